The first-order valence-electron chi connectivity index (χ1n) is 10.2. The number of nitrogens with one attached hydrogen (secondary N) is 1. The van der Waals surface area contributed by atoms with Gasteiger partial charge in [-0.2, -0.15) is 17.0 Å². The van der Waals surface area contributed by atoms with Crippen molar-refractivity contribution >= 4 is 16.0 Å². The highest BCUT2D eigenvalue weighted by Crippen LogP contribution is 2.40. The van der Waals surface area contributed by atoms with Crippen LogP contribution in [-0.4, -0.2) is 70.4 Å². The average Bonchev–Trinajstić information content (AvgIpc) is 3.06. The molecular weight excluding hydrogens is 378 g/mol. The molecule has 4 atom stereocenters. The number of fused-ring (bicyclic) bond motifs is 1. The van der Waals surface area contributed by atoms with Gasteiger partial charge in [0.1, 0.15) is 5.82 Å². The van der Waals surface area contributed by atoms with Crippen molar-refractivity contribution in [1.82, 2.24) is 18.6 Å². The molecule has 28 heavy (non-hydrogen) atoms. The van der Waals surface area contributed by atoms with E-state index in [0.717, 1.165) is 19.3 Å². The first-order chi connectivity index (χ1) is 13.2. The van der Waals surface area contributed by atoms with Gasteiger partial charge in [-0.25, -0.2) is 4.98 Å². The van der Waals surface area contributed by atoms with E-state index in [1.165, 1.54) is 0 Å². The lowest BCUT2D eigenvalue weighted by atomic mass is 9.77. The van der Waals surface area contributed by atoms with Crippen molar-refractivity contribution in [2.45, 2.75) is 51.7 Å². The smallest absolute Gasteiger partial charge is 0.281 e. The molecule has 2 aliphatic heterocycles. The van der Waals surface area contributed by atoms with Crippen molar-refractivity contribution in [3.05, 3.63) is 18.6 Å². The van der Waals surface area contributed by atoms with Gasteiger partial charge in [-0.15, -0.1) is 0 Å². The van der Waals surface area contributed by atoms with Crippen LogP contribution in [0.15, 0.2) is 18.6 Å². The number of hydrogen-bond donors (Lipinski definition) is 2. The molecule has 3 heterocycles. The second-order valence-corrected chi connectivity index (χ2v) is 11.2. The highest BCUT2D eigenvalue weighted by atomic mass is 32.2. The van der Waals surface area contributed by atoms with Gasteiger partial charge in [0.25, 0.3) is 10.2 Å². The molecule has 1 saturated carbocycles. The molecule has 3 aliphatic rings. The molecular formula is C19H31N5O3S. The van der Waals surface area contributed by atoms with E-state index in [1.807, 2.05) is 0 Å². The largest absolute Gasteiger partial charge is 0.391 e. The predicted octanol–water partition coefficient (Wildman–Crippen LogP) is 1.33. The van der Waals surface area contributed by atoms with E-state index >= 15 is 0 Å². The molecule has 0 radical (unpaired) electrons. The van der Waals surface area contributed by atoms with Crippen molar-refractivity contribution in [2.75, 3.05) is 31.5 Å². The van der Waals surface area contributed by atoms with Crippen LogP contribution in [0.4, 0.5) is 5.82 Å². The Morgan fingerprint density at radius 2 is 1.79 bits per heavy atom. The summed E-state index contributed by atoms with van der Waals surface area (Å²) in [5.74, 6) is 1.11. The Balaban J connectivity index is 1.40. The second kappa shape index (κ2) is 7.51. The Bertz CT molecular complexity index is 778. The number of hydrogen-bond acceptors (Lipinski definition) is 6. The van der Waals surface area contributed by atoms with Crippen LogP contribution in [0.5, 0.6) is 0 Å². The van der Waals surface area contributed by atoms with E-state index in [0.29, 0.717) is 38.4 Å². The lowest BCUT2D eigenvalue weighted by Gasteiger charge is -2.37. The number of piperidine rings is 1. The van der Waals surface area contributed by atoms with Crippen LogP contribution >= 0.6 is 0 Å². The van der Waals surface area contributed by atoms with Crippen molar-refractivity contribution in [2.24, 2.45) is 17.3 Å². The number of rotatable bonds is 4. The molecule has 2 saturated heterocycles. The van der Waals surface area contributed by atoms with Crippen molar-refractivity contribution in [3.63, 3.8) is 0 Å². The Hall–Kier alpha value is -1.29. The van der Waals surface area contributed by atoms with Crippen molar-refractivity contribution < 1.29 is 13.5 Å². The van der Waals surface area contributed by atoms with Gasteiger partial charge in [-0.3, -0.25) is 4.98 Å². The first kappa shape index (κ1) is 20.0. The van der Waals surface area contributed by atoms with E-state index in [9.17, 15) is 13.5 Å². The number of aliphatic hydroxyl groups is 1. The molecule has 9 heteroatoms. The molecule has 0 amide bonds. The summed E-state index contributed by atoms with van der Waals surface area (Å²) in [4.78, 5) is 8.27. The van der Waals surface area contributed by atoms with Crippen LogP contribution in [0, 0.1) is 17.3 Å². The fourth-order valence-electron chi connectivity index (χ4n) is 4.78. The van der Waals surface area contributed by atoms with Crippen LogP contribution in [0.25, 0.3) is 0 Å². The number of nitrogens with zero attached hydrogens (tertiary/aromatic N) is 4. The van der Waals surface area contributed by atoms with Crippen LogP contribution < -0.4 is 5.32 Å². The number of anilines is 1. The Morgan fingerprint density at radius 3 is 2.43 bits per heavy atom. The summed E-state index contributed by atoms with van der Waals surface area (Å²) in [6, 6.07) is -0.128. The molecule has 1 aromatic heterocycles. The minimum Gasteiger partial charge on any atom is -0.391 e. The summed E-state index contributed by atoms with van der Waals surface area (Å²) in [6.45, 7) is 6.65. The lowest BCUT2D eigenvalue weighted by Crippen LogP contribution is -2.47. The molecule has 156 valence electrons. The maximum absolute atomic E-state index is 13.2. The van der Waals surface area contributed by atoms with Gasteiger partial charge < -0.3 is 10.4 Å². The zero-order chi connectivity index (χ0) is 19.9. The standard InChI is InChI=1S/C19H31N5O3S/c1-19(2)3-7-23(8-4-19)28(26,27)24-12-14-9-16(17(25)10-15(14)13-24)22-18-11-20-5-6-21-18/h5-6,11,14-17,25H,3-4,7-10,12-13H2,1-2H3,(H,21,22)/t14-,15+,16-,17-/m1/s1. The molecule has 8 nitrogen and oxygen atoms in total. The van der Waals surface area contributed by atoms with Gasteiger partial charge in [-0.1, -0.05) is 13.8 Å². The summed E-state index contributed by atoms with van der Waals surface area (Å²) in [5.41, 5.74) is 0.217. The molecule has 0 unspecified atom stereocenters. The summed E-state index contributed by atoms with van der Waals surface area (Å²) in [6.07, 6.45) is 7.50. The molecule has 1 aromatic rings. The highest BCUT2D eigenvalue weighted by Gasteiger charge is 2.47. The maximum Gasteiger partial charge on any atom is 0.281 e. The molecule has 3 fully saturated rings. The third kappa shape index (κ3) is 4.03. The Labute approximate surface area is 167 Å². The van der Waals surface area contributed by atoms with Gasteiger partial charge in [0.2, 0.25) is 0 Å². The lowest BCUT2D eigenvalue weighted by molar-refractivity contribution is 0.0736. The monoisotopic (exact) mass is 409 g/mol. The number of aromatic nitrogens is 2. The summed E-state index contributed by atoms with van der Waals surface area (Å²) in [5, 5.41) is 13.9. The Kier molecular flexibility index (Phi) is 5.37. The van der Waals surface area contributed by atoms with Gasteiger partial charge in [-0.05, 0) is 42.9 Å². The fraction of sp³-hybridized carbons (Fsp3) is 0.789. The SMILES string of the molecule is CC1(C)CCN(S(=O)(=O)N2C[C@H]3C[C@@H](Nc4cnccn4)[C@H](O)C[C@H]3C2)CC1. The van der Waals surface area contributed by atoms with Crippen LogP contribution in [-0.2, 0) is 10.2 Å². The van der Waals surface area contributed by atoms with E-state index in [1.54, 1.807) is 27.2 Å². The molecule has 2 N–H and O–H groups in total. The van der Waals surface area contributed by atoms with E-state index in [4.69, 9.17) is 0 Å². The second-order valence-electron chi connectivity index (χ2n) is 9.29. The minimum atomic E-state index is -3.42. The van der Waals surface area contributed by atoms with Crippen LogP contribution in [0.3, 0.4) is 0 Å². The zero-order valence-electron chi connectivity index (χ0n) is 16.7. The van der Waals surface area contributed by atoms with Crippen molar-refractivity contribution in [1.29, 1.82) is 0 Å². The van der Waals surface area contributed by atoms with Crippen LogP contribution in [0.2, 0.25) is 0 Å². The number of aliphatic hydroxyl groups excluding tert-OH is 1. The minimum absolute atomic E-state index is 0.128. The van der Waals surface area contributed by atoms with Crippen molar-refractivity contribution in [3.8, 4) is 0 Å². The Morgan fingerprint density at radius 1 is 1.11 bits per heavy atom. The van der Waals surface area contributed by atoms with E-state index < -0.39 is 16.3 Å². The highest BCUT2D eigenvalue weighted by molar-refractivity contribution is 7.86. The van der Waals surface area contributed by atoms with Gasteiger partial charge >= 0.3 is 0 Å². The maximum atomic E-state index is 13.2. The third-order valence-corrected chi connectivity index (χ3v) is 8.70. The molecule has 4 rings (SSSR count). The van der Waals surface area contributed by atoms with Crippen LogP contribution in [0.1, 0.15) is 39.5 Å². The van der Waals surface area contributed by atoms with Gasteiger partial charge in [0, 0.05) is 38.6 Å². The first-order valence-corrected chi connectivity index (χ1v) is 11.6. The summed E-state index contributed by atoms with van der Waals surface area (Å²) >= 11 is 0. The average molecular weight is 410 g/mol. The predicted molar refractivity (Wildman–Crippen MR) is 107 cm³/mol. The topological polar surface area (TPSA) is 98.7 Å². The quantitative estimate of drug-likeness (QED) is 0.778. The normalized spacial score (nSPS) is 34.1. The molecule has 0 spiro atoms. The summed E-state index contributed by atoms with van der Waals surface area (Å²) in [7, 11) is -3.42. The van der Waals surface area contributed by atoms with E-state index in [-0.39, 0.29) is 23.3 Å². The van der Waals surface area contributed by atoms with Gasteiger partial charge in [0.15, 0.2) is 0 Å². The fourth-order valence-corrected chi connectivity index (χ4v) is 6.51. The summed E-state index contributed by atoms with van der Waals surface area (Å²) < 4.78 is 29.6. The molecule has 0 bridgehead atoms. The third-order valence-electron chi connectivity index (χ3n) is 6.73. The van der Waals surface area contributed by atoms with Gasteiger partial charge in [0.05, 0.1) is 18.3 Å². The molecule has 0 aromatic carbocycles. The zero-order valence-corrected chi connectivity index (χ0v) is 17.5. The molecule has 1 aliphatic carbocycles. The van der Waals surface area contributed by atoms with E-state index in [2.05, 4.69) is 29.1 Å².